The molecule has 1 aromatic heterocycles. The van der Waals surface area contributed by atoms with Gasteiger partial charge < -0.3 is 19.9 Å². The average molecular weight is 351 g/mol. The maximum absolute atomic E-state index is 14.4. The van der Waals surface area contributed by atoms with Gasteiger partial charge >= 0.3 is 0 Å². The number of fused-ring (bicyclic) bond motifs is 3. The molecular formula is C16H18FN3O3S. The molecule has 1 saturated heterocycles. The largest absolute Gasteiger partial charge is 0.483 e. The summed E-state index contributed by atoms with van der Waals surface area (Å²) in [5.74, 6) is -0.304. The smallest absolute Gasteiger partial charge is 0.290 e. The number of thioether (sulfide) groups is 1. The highest BCUT2D eigenvalue weighted by Crippen LogP contribution is 2.44. The maximum Gasteiger partial charge on any atom is 0.290 e. The summed E-state index contributed by atoms with van der Waals surface area (Å²) in [6.45, 7) is 5.13. The van der Waals surface area contributed by atoms with Crippen molar-refractivity contribution in [3.05, 3.63) is 34.2 Å². The van der Waals surface area contributed by atoms with Gasteiger partial charge in [-0.15, -0.1) is 0 Å². The Labute approximate surface area is 142 Å². The second-order valence-electron chi connectivity index (χ2n) is 5.60. The number of halogens is 1. The highest BCUT2D eigenvalue weighted by molar-refractivity contribution is 8.00. The molecule has 1 aromatic carbocycles. The molecule has 128 valence electrons. The number of pyridine rings is 1. The van der Waals surface area contributed by atoms with Crippen LogP contribution in [0.15, 0.2) is 28.0 Å². The van der Waals surface area contributed by atoms with Gasteiger partial charge in [0.1, 0.15) is 5.82 Å². The van der Waals surface area contributed by atoms with Crippen molar-refractivity contribution in [2.75, 3.05) is 31.1 Å². The number of carboxylic acid groups (broad SMARTS) is 1. The predicted molar refractivity (Wildman–Crippen MR) is 92.5 cm³/mol. The highest BCUT2D eigenvalue weighted by atomic mass is 32.2. The van der Waals surface area contributed by atoms with E-state index in [1.807, 2.05) is 11.0 Å². The molecule has 0 spiro atoms. The van der Waals surface area contributed by atoms with Gasteiger partial charge in [0, 0.05) is 37.6 Å². The predicted octanol–water partition coefficient (Wildman–Crippen LogP) is 1.88. The molecule has 2 aromatic rings. The van der Waals surface area contributed by atoms with Gasteiger partial charge in [0.15, 0.2) is 5.43 Å². The van der Waals surface area contributed by atoms with Gasteiger partial charge in [-0.25, -0.2) is 4.39 Å². The molecule has 3 heterocycles. The zero-order valence-electron chi connectivity index (χ0n) is 13.2. The number of aromatic nitrogens is 1. The number of nitrogens with zero attached hydrogens (tertiary/aromatic N) is 2. The second kappa shape index (κ2) is 6.82. The zero-order valence-corrected chi connectivity index (χ0v) is 14.0. The maximum atomic E-state index is 14.4. The van der Waals surface area contributed by atoms with Crippen molar-refractivity contribution < 1.29 is 14.3 Å². The minimum atomic E-state index is -0.304. The lowest BCUT2D eigenvalue weighted by Gasteiger charge is -2.33. The van der Waals surface area contributed by atoms with Crippen LogP contribution in [-0.4, -0.2) is 42.3 Å². The van der Waals surface area contributed by atoms with Crippen LogP contribution in [0.2, 0.25) is 0 Å². The zero-order chi connectivity index (χ0) is 17.3. The summed E-state index contributed by atoms with van der Waals surface area (Å²) >= 11 is 1.67. The number of benzene rings is 1. The molecule has 1 fully saturated rings. The molecule has 8 heteroatoms. The molecule has 0 unspecified atom stereocenters. The van der Waals surface area contributed by atoms with Crippen molar-refractivity contribution >= 4 is 34.8 Å². The third-order valence-electron chi connectivity index (χ3n) is 4.19. The summed E-state index contributed by atoms with van der Waals surface area (Å²) in [5, 5.41) is 11.9. The van der Waals surface area contributed by atoms with Crippen molar-refractivity contribution in [1.82, 2.24) is 9.88 Å². The summed E-state index contributed by atoms with van der Waals surface area (Å²) in [7, 11) is 0. The summed E-state index contributed by atoms with van der Waals surface area (Å²) in [5.41, 5.74) is 1.36. The number of carbonyl (C=O) groups is 1. The number of rotatable bonds is 1. The van der Waals surface area contributed by atoms with Crippen molar-refractivity contribution in [3.63, 3.8) is 0 Å². The molecule has 0 saturated carbocycles. The lowest BCUT2D eigenvalue weighted by Crippen LogP contribution is -2.44. The van der Waals surface area contributed by atoms with Crippen molar-refractivity contribution in [3.8, 4) is 0 Å². The van der Waals surface area contributed by atoms with Crippen molar-refractivity contribution in [2.45, 2.75) is 17.3 Å². The summed E-state index contributed by atoms with van der Waals surface area (Å²) in [4.78, 5) is 22.5. The van der Waals surface area contributed by atoms with Gasteiger partial charge in [-0.05, 0) is 19.1 Å². The Morgan fingerprint density at radius 1 is 1.33 bits per heavy atom. The first kappa shape index (κ1) is 16.8. The molecule has 0 bridgehead atoms. The fourth-order valence-electron chi connectivity index (χ4n) is 3.12. The van der Waals surface area contributed by atoms with Crippen LogP contribution in [0.1, 0.15) is 12.3 Å². The Hall–Kier alpha value is -2.06. The molecule has 0 radical (unpaired) electrons. The Morgan fingerprint density at radius 3 is 2.62 bits per heavy atom. The molecule has 1 atom stereocenters. The van der Waals surface area contributed by atoms with Crippen LogP contribution in [0.3, 0.4) is 0 Å². The normalized spacial score (nSPS) is 19.1. The molecule has 24 heavy (non-hydrogen) atoms. The molecule has 2 aliphatic heterocycles. The van der Waals surface area contributed by atoms with E-state index in [9.17, 15) is 9.18 Å². The van der Waals surface area contributed by atoms with Crippen LogP contribution in [0, 0.1) is 5.82 Å². The standard InChI is InChI=1S/C15H16FN3OS.CH2O2/c1-9-19-12-7-13(18-4-2-17-3-5-18)11(16)6-10(12)14(20)8-15(19)21-9;2-1-3/h6-9,17H,2-5H2,1H3;1H,(H,2,3)/t9-;/m0./s1. The third-order valence-corrected chi connectivity index (χ3v) is 5.30. The van der Waals surface area contributed by atoms with Crippen LogP contribution in [0.4, 0.5) is 10.1 Å². The monoisotopic (exact) mass is 351 g/mol. The molecule has 2 N–H and O–H groups in total. The van der Waals surface area contributed by atoms with Crippen molar-refractivity contribution in [2.24, 2.45) is 0 Å². The van der Waals surface area contributed by atoms with E-state index < -0.39 is 0 Å². The SMILES string of the molecule is C[C@@H]1Sc2cc(=O)c3cc(F)c(N4CCNCC4)cc3n21.O=CO. The fourth-order valence-corrected chi connectivity index (χ4v) is 4.18. The topological polar surface area (TPSA) is 74.6 Å². The lowest BCUT2D eigenvalue weighted by molar-refractivity contribution is -0.122. The van der Waals surface area contributed by atoms with Gasteiger partial charge in [0.25, 0.3) is 6.47 Å². The molecule has 0 aliphatic carbocycles. The van der Waals surface area contributed by atoms with Gasteiger partial charge in [-0.2, -0.15) is 0 Å². The average Bonchev–Trinajstić information content (AvgIpc) is 2.56. The number of nitrogens with one attached hydrogen (secondary N) is 1. The molecule has 0 amide bonds. The summed E-state index contributed by atoms with van der Waals surface area (Å²) < 4.78 is 16.5. The number of piperazine rings is 1. The highest BCUT2D eigenvalue weighted by Gasteiger charge is 2.26. The Kier molecular flexibility index (Phi) is 4.77. The first-order valence-corrected chi connectivity index (χ1v) is 8.53. The van der Waals surface area contributed by atoms with Gasteiger partial charge in [-0.3, -0.25) is 9.59 Å². The van der Waals surface area contributed by atoms with Gasteiger partial charge in [-0.1, -0.05) is 11.8 Å². The quantitative estimate of drug-likeness (QED) is 0.764. The van der Waals surface area contributed by atoms with E-state index in [0.717, 1.165) is 36.7 Å². The lowest BCUT2D eigenvalue weighted by atomic mass is 10.1. The Morgan fingerprint density at radius 2 is 2.00 bits per heavy atom. The van der Waals surface area contributed by atoms with E-state index in [0.29, 0.717) is 16.4 Å². The third kappa shape index (κ3) is 2.87. The first-order chi connectivity index (χ1) is 11.6. The number of anilines is 1. The number of hydrogen-bond donors (Lipinski definition) is 2. The Bertz CT molecular complexity index is 833. The minimum Gasteiger partial charge on any atom is -0.483 e. The van der Waals surface area contributed by atoms with E-state index in [4.69, 9.17) is 9.90 Å². The van der Waals surface area contributed by atoms with Crippen LogP contribution < -0.4 is 15.6 Å². The van der Waals surface area contributed by atoms with Crippen LogP contribution >= 0.6 is 11.8 Å². The minimum absolute atomic E-state index is 0.0959. The van der Waals surface area contributed by atoms with Crippen LogP contribution in [0.5, 0.6) is 0 Å². The van der Waals surface area contributed by atoms with Crippen LogP contribution in [0.25, 0.3) is 10.9 Å². The Balaban J connectivity index is 0.000000526. The van der Waals surface area contributed by atoms with E-state index in [1.54, 1.807) is 17.8 Å². The van der Waals surface area contributed by atoms with E-state index in [2.05, 4.69) is 16.8 Å². The first-order valence-electron chi connectivity index (χ1n) is 7.65. The fraction of sp³-hybridized carbons (Fsp3) is 0.375. The number of hydrogen-bond acceptors (Lipinski definition) is 5. The van der Waals surface area contributed by atoms with Gasteiger partial charge in [0.05, 0.1) is 21.6 Å². The van der Waals surface area contributed by atoms with Crippen molar-refractivity contribution in [1.29, 1.82) is 0 Å². The summed E-state index contributed by atoms with van der Waals surface area (Å²) in [6, 6.07) is 4.85. The summed E-state index contributed by atoms with van der Waals surface area (Å²) in [6.07, 6.45) is 0. The molecule has 2 aliphatic rings. The molecule has 4 rings (SSSR count). The molecular weight excluding hydrogens is 333 g/mol. The van der Waals surface area contributed by atoms with E-state index >= 15 is 0 Å². The second-order valence-corrected chi connectivity index (χ2v) is 6.93. The molecule has 6 nitrogen and oxygen atoms in total. The van der Waals surface area contributed by atoms with E-state index in [-0.39, 0.29) is 17.7 Å². The van der Waals surface area contributed by atoms with E-state index in [1.165, 1.54) is 6.07 Å². The van der Waals surface area contributed by atoms with Gasteiger partial charge in [0.2, 0.25) is 0 Å². The van der Waals surface area contributed by atoms with Crippen LogP contribution in [-0.2, 0) is 4.79 Å².